The van der Waals surface area contributed by atoms with Gasteiger partial charge in [-0.15, -0.1) is 0 Å². The zero-order valence-corrected chi connectivity index (χ0v) is 13.1. The molecule has 0 amide bonds. The molecule has 1 heterocycles. The summed E-state index contributed by atoms with van der Waals surface area (Å²) in [5.74, 6) is 0.425. The van der Waals surface area contributed by atoms with E-state index in [1.807, 2.05) is 11.7 Å². The van der Waals surface area contributed by atoms with Crippen LogP contribution in [-0.4, -0.2) is 16.3 Å². The van der Waals surface area contributed by atoms with E-state index in [9.17, 15) is 0 Å². The van der Waals surface area contributed by atoms with Gasteiger partial charge in [-0.25, -0.2) is 0 Å². The molecule has 108 valence electrons. The SMILES string of the molecule is CCNC(C)c1ccccc1-c1cn(C)nc1C(C)C. The number of aryl methyl sites for hydroxylation is 1. The second kappa shape index (κ2) is 6.23. The molecule has 1 N–H and O–H groups in total. The molecule has 1 aromatic carbocycles. The first-order valence-electron chi connectivity index (χ1n) is 7.40. The molecule has 0 radical (unpaired) electrons. The molecule has 0 aliphatic carbocycles. The van der Waals surface area contributed by atoms with Gasteiger partial charge in [0.1, 0.15) is 0 Å². The minimum atomic E-state index is 0.344. The lowest BCUT2D eigenvalue weighted by Gasteiger charge is -2.17. The summed E-state index contributed by atoms with van der Waals surface area (Å²) in [5, 5.41) is 8.13. The Labute approximate surface area is 122 Å². The van der Waals surface area contributed by atoms with Crippen molar-refractivity contribution in [3.05, 3.63) is 41.7 Å². The fraction of sp³-hybridized carbons (Fsp3) is 0.471. The van der Waals surface area contributed by atoms with E-state index in [2.05, 4.69) is 68.6 Å². The van der Waals surface area contributed by atoms with Crippen LogP contribution >= 0.6 is 0 Å². The van der Waals surface area contributed by atoms with Gasteiger partial charge in [-0.3, -0.25) is 4.68 Å². The predicted molar refractivity (Wildman–Crippen MR) is 84.8 cm³/mol. The number of nitrogens with zero attached hydrogens (tertiary/aromatic N) is 2. The normalized spacial score (nSPS) is 12.9. The number of hydrogen-bond donors (Lipinski definition) is 1. The molecule has 0 bridgehead atoms. The van der Waals surface area contributed by atoms with E-state index in [0.29, 0.717) is 12.0 Å². The van der Waals surface area contributed by atoms with Crippen LogP contribution in [0.5, 0.6) is 0 Å². The highest BCUT2D eigenvalue weighted by Gasteiger charge is 2.17. The zero-order valence-electron chi connectivity index (χ0n) is 13.1. The smallest absolute Gasteiger partial charge is 0.0728 e. The van der Waals surface area contributed by atoms with E-state index >= 15 is 0 Å². The maximum Gasteiger partial charge on any atom is 0.0728 e. The number of benzene rings is 1. The molecule has 20 heavy (non-hydrogen) atoms. The highest BCUT2D eigenvalue weighted by Crippen LogP contribution is 2.33. The summed E-state index contributed by atoms with van der Waals surface area (Å²) >= 11 is 0. The van der Waals surface area contributed by atoms with Gasteiger partial charge >= 0.3 is 0 Å². The third-order valence-corrected chi connectivity index (χ3v) is 3.63. The lowest BCUT2D eigenvalue weighted by Crippen LogP contribution is -2.18. The molecular weight excluding hydrogens is 246 g/mol. The van der Waals surface area contributed by atoms with Gasteiger partial charge in [0.15, 0.2) is 0 Å². The van der Waals surface area contributed by atoms with E-state index in [0.717, 1.165) is 6.54 Å². The summed E-state index contributed by atoms with van der Waals surface area (Å²) in [6.07, 6.45) is 2.13. The van der Waals surface area contributed by atoms with Crippen LogP contribution in [0.2, 0.25) is 0 Å². The Hall–Kier alpha value is -1.61. The molecule has 0 aliphatic rings. The molecule has 1 aromatic heterocycles. The van der Waals surface area contributed by atoms with Crippen molar-refractivity contribution in [2.24, 2.45) is 7.05 Å². The van der Waals surface area contributed by atoms with Crippen molar-refractivity contribution in [1.29, 1.82) is 0 Å². The van der Waals surface area contributed by atoms with E-state index in [1.54, 1.807) is 0 Å². The molecule has 0 fully saturated rings. The fourth-order valence-electron chi connectivity index (χ4n) is 2.68. The van der Waals surface area contributed by atoms with Crippen LogP contribution in [0.1, 0.15) is 50.9 Å². The van der Waals surface area contributed by atoms with Gasteiger partial charge in [0.05, 0.1) is 5.69 Å². The Kier molecular flexibility index (Phi) is 4.61. The number of rotatable bonds is 5. The standard InChI is InChI=1S/C17H25N3/c1-6-18-13(4)14-9-7-8-10-15(14)16-11-20(5)19-17(16)12(2)3/h7-13,18H,6H2,1-5H3. The van der Waals surface area contributed by atoms with Crippen LogP contribution in [0.25, 0.3) is 11.1 Å². The molecular formula is C17H25N3. The highest BCUT2D eigenvalue weighted by molar-refractivity contribution is 5.70. The topological polar surface area (TPSA) is 29.9 Å². The Morgan fingerprint density at radius 2 is 1.85 bits per heavy atom. The molecule has 0 saturated heterocycles. The molecule has 0 saturated carbocycles. The quantitative estimate of drug-likeness (QED) is 0.894. The molecule has 3 heteroatoms. The summed E-state index contributed by atoms with van der Waals surface area (Å²) in [4.78, 5) is 0. The average Bonchev–Trinajstić information content (AvgIpc) is 2.81. The van der Waals surface area contributed by atoms with Crippen LogP contribution < -0.4 is 5.32 Å². The Morgan fingerprint density at radius 3 is 2.50 bits per heavy atom. The highest BCUT2D eigenvalue weighted by atomic mass is 15.3. The second-order valence-corrected chi connectivity index (χ2v) is 5.62. The van der Waals surface area contributed by atoms with E-state index in [1.165, 1.54) is 22.4 Å². The number of aromatic nitrogens is 2. The van der Waals surface area contributed by atoms with Crippen molar-refractivity contribution in [2.75, 3.05) is 6.54 Å². The molecule has 3 nitrogen and oxygen atoms in total. The predicted octanol–water partition coefficient (Wildman–Crippen LogP) is 3.88. The summed E-state index contributed by atoms with van der Waals surface area (Å²) in [6.45, 7) is 9.72. The first-order valence-corrected chi connectivity index (χ1v) is 7.40. The fourth-order valence-corrected chi connectivity index (χ4v) is 2.68. The summed E-state index contributed by atoms with van der Waals surface area (Å²) in [6, 6.07) is 8.97. The van der Waals surface area contributed by atoms with Gasteiger partial charge in [0.25, 0.3) is 0 Å². The zero-order chi connectivity index (χ0) is 14.7. The van der Waals surface area contributed by atoms with Crippen LogP contribution in [0.4, 0.5) is 0 Å². The van der Waals surface area contributed by atoms with E-state index in [4.69, 9.17) is 0 Å². The maximum absolute atomic E-state index is 4.63. The summed E-state index contributed by atoms with van der Waals surface area (Å²) in [7, 11) is 1.99. The Balaban J connectivity index is 2.53. The lowest BCUT2D eigenvalue weighted by molar-refractivity contribution is 0.599. The van der Waals surface area contributed by atoms with Crippen molar-refractivity contribution in [2.45, 2.75) is 39.7 Å². The minimum absolute atomic E-state index is 0.344. The van der Waals surface area contributed by atoms with Crippen molar-refractivity contribution in [1.82, 2.24) is 15.1 Å². The molecule has 1 atom stereocenters. The Bertz CT molecular complexity index is 569. The van der Waals surface area contributed by atoms with Gasteiger partial charge in [-0.05, 0) is 30.5 Å². The Morgan fingerprint density at radius 1 is 1.15 bits per heavy atom. The molecule has 1 unspecified atom stereocenters. The van der Waals surface area contributed by atoms with Crippen LogP contribution in [0.3, 0.4) is 0 Å². The third kappa shape index (κ3) is 2.93. The van der Waals surface area contributed by atoms with Gasteiger partial charge in [-0.1, -0.05) is 45.0 Å². The summed E-state index contributed by atoms with van der Waals surface area (Å²) < 4.78 is 1.92. The third-order valence-electron chi connectivity index (χ3n) is 3.63. The number of nitrogens with one attached hydrogen (secondary N) is 1. The maximum atomic E-state index is 4.63. The van der Waals surface area contributed by atoms with E-state index < -0.39 is 0 Å². The van der Waals surface area contributed by atoms with Crippen LogP contribution in [0, 0.1) is 0 Å². The average molecular weight is 271 g/mol. The second-order valence-electron chi connectivity index (χ2n) is 5.62. The van der Waals surface area contributed by atoms with Crippen molar-refractivity contribution in [3.63, 3.8) is 0 Å². The molecule has 2 rings (SSSR count). The monoisotopic (exact) mass is 271 g/mol. The molecule has 0 aliphatic heterocycles. The van der Waals surface area contributed by atoms with Crippen LogP contribution in [0.15, 0.2) is 30.5 Å². The van der Waals surface area contributed by atoms with Gasteiger partial charge in [0.2, 0.25) is 0 Å². The van der Waals surface area contributed by atoms with Crippen molar-refractivity contribution < 1.29 is 0 Å². The molecule has 0 spiro atoms. The van der Waals surface area contributed by atoms with Gasteiger partial charge in [-0.2, -0.15) is 5.10 Å². The van der Waals surface area contributed by atoms with Gasteiger partial charge < -0.3 is 5.32 Å². The van der Waals surface area contributed by atoms with E-state index in [-0.39, 0.29) is 0 Å². The summed E-state index contributed by atoms with van der Waals surface area (Å²) in [5.41, 5.74) is 5.05. The van der Waals surface area contributed by atoms with Crippen molar-refractivity contribution >= 4 is 0 Å². The van der Waals surface area contributed by atoms with Gasteiger partial charge in [0, 0.05) is 24.8 Å². The molecule has 2 aromatic rings. The first kappa shape index (κ1) is 14.8. The largest absolute Gasteiger partial charge is 0.310 e. The minimum Gasteiger partial charge on any atom is -0.310 e. The van der Waals surface area contributed by atoms with Crippen LogP contribution in [-0.2, 0) is 7.05 Å². The lowest BCUT2D eigenvalue weighted by atomic mass is 9.93. The first-order chi connectivity index (χ1) is 9.54. The number of hydrogen-bond acceptors (Lipinski definition) is 2. The van der Waals surface area contributed by atoms with Crippen molar-refractivity contribution in [3.8, 4) is 11.1 Å².